The maximum atomic E-state index is 13.0. The molecule has 32 heavy (non-hydrogen) atoms. The minimum absolute atomic E-state index is 0.161. The summed E-state index contributed by atoms with van der Waals surface area (Å²) < 4.78 is 28.9. The molecule has 0 saturated carbocycles. The van der Waals surface area contributed by atoms with Gasteiger partial charge in [-0.15, -0.1) is 4.40 Å². The number of nitrogens with one attached hydrogen (secondary N) is 2. The molecule has 0 unspecified atom stereocenters. The van der Waals surface area contributed by atoms with Gasteiger partial charge in [0.2, 0.25) is 11.8 Å². The molecule has 2 aromatic carbocycles. The van der Waals surface area contributed by atoms with Gasteiger partial charge in [-0.25, -0.2) is 0 Å². The summed E-state index contributed by atoms with van der Waals surface area (Å²) in [4.78, 5) is 27.3. The van der Waals surface area contributed by atoms with Crippen LogP contribution in [0.5, 0.6) is 0 Å². The van der Waals surface area contributed by atoms with E-state index in [-0.39, 0.29) is 23.3 Å². The predicted octanol–water partition coefficient (Wildman–Crippen LogP) is 2.31. The van der Waals surface area contributed by atoms with E-state index in [4.69, 9.17) is 0 Å². The summed E-state index contributed by atoms with van der Waals surface area (Å²) in [5.41, 5.74) is 2.27. The van der Waals surface area contributed by atoms with E-state index in [1.54, 1.807) is 23.1 Å². The predicted molar refractivity (Wildman–Crippen MR) is 122 cm³/mol. The smallest absolute Gasteiger partial charge is 0.285 e. The Labute approximate surface area is 187 Å². The number of carbonyl (C=O) groups excluding carboxylic acids is 2. The van der Waals surface area contributed by atoms with Gasteiger partial charge in [0.15, 0.2) is 5.84 Å². The third-order valence-electron chi connectivity index (χ3n) is 5.79. The number of amides is 2. The highest BCUT2D eigenvalue weighted by Gasteiger charge is 2.37. The van der Waals surface area contributed by atoms with Gasteiger partial charge in [0.05, 0.1) is 6.54 Å². The number of anilines is 1. The van der Waals surface area contributed by atoms with Crippen molar-refractivity contribution in [1.29, 1.82) is 0 Å². The molecular weight excluding hydrogens is 428 g/mol. The molecule has 0 radical (unpaired) electrons. The van der Waals surface area contributed by atoms with Gasteiger partial charge in [0.25, 0.3) is 10.0 Å². The Morgan fingerprint density at radius 3 is 2.66 bits per heavy atom. The molecule has 2 aliphatic rings. The van der Waals surface area contributed by atoms with Crippen molar-refractivity contribution in [2.45, 2.75) is 43.5 Å². The minimum Gasteiger partial charge on any atom is -0.345 e. The van der Waals surface area contributed by atoms with Gasteiger partial charge in [-0.3, -0.25) is 9.59 Å². The molecule has 0 spiro atoms. The monoisotopic (exact) mass is 454 g/mol. The Hall–Kier alpha value is -3.20. The van der Waals surface area contributed by atoms with Crippen LogP contribution in [0.25, 0.3) is 0 Å². The third-order valence-corrected chi connectivity index (χ3v) is 7.11. The summed E-state index contributed by atoms with van der Waals surface area (Å²) in [6, 6.07) is 13.6. The lowest BCUT2D eigenvalue weighted by molar-refractivity contribution is -0.128. The van der Waals surface area contributed by atoms with E-state index in [0.29, 0.717) is 24.4 Å². The highest BCUT2D eigenvalue weighted by Crippen LogP contribution is 2.30. The zero-order valence-corrected chi connectivity index (χ0v) is 18.7. The second-order valence-electron chi connectivity index (χ2n) is 7.87. The summed E-state index contributed by atoms with van der Waals surface area (Å²) in [5, 5.41) is 5.55. The SMILES string of the molecule is CCc1ccccc1NC(=O)CNC(=O)[C@@H]1CCCCN1C1=NS(=O)(=O)c2ccccc21. The number of sulfonamides is 1. The number of para-hydroxylation sites is 1. The number of likely N-dealkylation sites (tertiary alicyclic amines) is 1. The molecule has 0 aliphatic carbocycles. The second-order valence-corrected chi connectivity index (χ2v) is 9.44. The Bertz CT molecular complexity index is 1180. The number of hydrogen-bond donors (Lipinski definition) is 2. The highest BCUT2D eigenvalue weighted by molar-refractivity contribution is 7.90. The fraction of sp³-hybridized carbons (Fsp3) is 0.348. The molecular formula is C23H26N4O4S. The summed E-state index contributed by atoms with van der Waals surface area (Å²) in [7, 11) is -3.77. The van der Waals surface area contributed by atoms with Crippen LogP contribution >= 0.6 is 0 Å². The summed E-state index contributed by atoms with van der Waals surface area (Å²) in [6.45, 7) is 2.37. The maximum Gasteiger partial charge on any atom is 0.285 e. The number of amidine groups is 1. The van der Waals surface area contributed by atoms with Crippen molar-refractivity contribution in [3.63, 3.8) is 0 Å². The molecule has 1 atom stereocenters. The Balaban J connectivity index is 1.45. The van der Waals surface area contributed by atoms with Crippen molar-refractivity contribution in [1.82, 2.24) is 10.2 Å². The number of nitrogens with zero attached hydrogens (tertiary/aromatic N) is 2. The van der Waals surface area contributed by atoms with Crippen LogP contribution in [0, 0.1) is 0 Å². The van der Waals surface area contributed by atoms with E-state index in [0.717, 1.165) is 30.5 Å². The van der Waals surface area contributed by atoms with Crippen molar-refractivity contribution in [3.05, 3.63) is 59.7 Å². The van der Waals surface area contributed by atoms with Gasteiger partial charge >= 0.3 is 0 Å². The molecule has 2 aromatic rings. The number of carbonyl (C=O) groups is 2. The number of fused-ring (bicyclic) bond motifs is 1. The first-order chi connectivity index (χ1) is 15.4. The number of piperidine rings is 1. The fourth-order valence-corrected chi connectivity index (χ4v) is 5.40. The third kappa shape index (κ3) is 4.38. The summed E-state index contributed by atoms with van der Waals surface area (Å²) in [6.07, 6.45) is 3.02. The topological polar surface area (TPSA) is 108 Å². The average molecular weight is 455 g/mol. The molecule has 2 aliphatic heterocycles. The lowest BCUT2D eigenvalue weighted by Crippen LogP contribution is -2.52. The Morgan fingerprint density at radius 2 is 1.84 bits per heavy atom. The van der Waals surface area contributed by atoms with Crippen LogP contribution in [0.3, 0.4) is 0 Å². The lowest BCUT2D eigenvalue weighted by Gasteiger charge is -2.36. The van der Waals surface area contributed by atoms with E-state index in [2.05, 4.69) is 15.0 Å². The largest absolute Gasteiger partial charge is 0.345 e. The van der Waals surface area contributed by atoms with Gasteiger partial charge < -0.3 is 15.5 Å². The standard InChI is InChI=1S/C23H26N4O4S/c1-2-16-9-3-5-11-18(16)25-21(28)15-24-23(29)19-12-7-8-14-27(19)22-17-10-4-6-13-20(17)32(30,31)26-22/h3-6,9-11,13,19H,2,7-8,12,14-15H2,1H3,(H,24,29)(H,25,28)/t19-/m0/s1. The van der Waals surface area contributed by atoms with Crippen LogP contribution < -0.4 is 10.6 Å². The molecule has 1 saturated heterocycles. The maximum absolute atomic E-state index is 13.0. The second kappa shape index (κ2) is 9.12. The number of hydrogen-bond acceptors (Lipinski definition) is 5. The highest BCUT2D eigenvalue weighted by atomic mass is 32.2. The van der Waals surface area contributed by atoms with Crippen LogP contribution in [-0.2, 0) is 26.0 Å². The molecule has 8 nitrogen and oxygen atoms in total. The molecule has 2 amide bonds. The van der Waals surface area contributed by atoms with Crippen molar-refractivity contribution in [2.24, 2.45) is 4.40 Å². The van der Waals surface area contributed by atoms with Crippen molar-refractivity contribution >= 4 is 33.4 Å². The molecule has 1 fully saturated rings. The van der Waals surface area contributed by atoms with Gasteiger partial charge in [-0.05, 0) is 49.4 Å². The van der Waals surface area contributed by atoms with E-state index in [9.17, 15) is 18.0 Å². The van der Waals surface area contributed by atoms with Gasteiger partial charge in [0.1, 0.15) is 10.9 Å². The van der Waals surface area contributed by atoms with Crippen LogP contribution in [-0.4, -0.2) is 50.1 Å². The normalized spacial score (nSPS) is 19.1. The van der Waals surface area contributed by atoms with Crippen molar-refractivity contribution in [2.75, 3.05) is 18.4 Å². The Kier molecular flexibility index (Phi) is 6.27. The zero-order chi connectivity index (χ0) is 22.7. The van der Waals surface area contributed by atoms with Crippen LogP contribution in [0.15, 0.2) is 57.8 Å². The molecule has 2 N–H and O–H groups in total. The zero-order valence-electron chi connectivity index (χ0n) is 17.9. The van der Waals surface area contributed by atoms with Crippen LogP contribution in [0.4, 0.5) is 5.69 Å². The first-order valence-electron chi connectivity index (χ1n) is 10.8. The number of aryl methyl sites for hydroxylation is 1. The van der Waals surface area contributed by atoms with E-state index >= 15 is 0 Å². The van der Waals surface area contributed by atoms with Gasteiger partial charge in [-0.1, -0.05) is 37.3 Å². The van der Waals surface area contributed by atoms with E-state index < -0.39 is 16.1 Å². The van der Waals surface area contributed by atoms with Crippen LogP contribution in [0.1, 0.15) is 37.3 Å². The molecule has 0 aromatic heterocycles. The lowest BCUT2D eigenvalue weighted by atomic mass is 9.99. The number of benzene rings is 2. The number of rotatable bonds is 5. The average Bonchev–Trinajstić information content (AvgIpc) is 3.09. The molecule has 4 rings (SSSR count). The minimum atomic E-state index is -3.77. The first kappa shape index (κ1) is 22.0. The molecule has 0 bridgehead atoms. The van der Waals surface area contributed by atoms with Gasteiger partial charge in [0, 0.05) is 17.8 Å². The Morgan fingerprint density at radius 1 is 1.09 bits per heavy atom. The van der Waals surface area contributed by atoms with Crippen LogP contribution in [0.2, 0.25) is 0 Å². The van der Waals surface area contributed by atoms with Crippen molar-refractivity contribution < 1.29 is 18.0 Å². The first-order valence-corrected chi connectivity index (χ1v) is 12.2. The molecule has 168 valence electrons. The fourth-order valence-electron chi connectivity index (χ4n) is 4.18. The molecule has 2 heterocycles. The van der Waals surface area contributed by atoms with Gasteiger partial charge in [-0.2, -0.15) is 8.42 Å². The summed E-state index contributed by atoms with van der Waals surface area (Å²) >= 11 is 0. The van der Waals surface area contributed by atoms with E-state index in [1.165, 1.54) is 6.07 Å². The summed E-state index contributed by atoms with van der Waals surface area (Å²) in [5.74, 6) is -0.317. The molecule has 9 heteroatoms. The van der Waals surface area contributed by atoms with E-state index in [1.807, 2.05) is 31.2 Å². The quantitative estimate of drug-likeness (QED) is 0.721. The van der Waals surface area contributed by atoms with Crippen molar-refractivity contribution in [3.8, 4) is 0 Å².